The molecule has 0 aromatic carbocycles. The van der Waals surface area contributed by atoms with Gasteiger partial charge in [-0.15, -0.1) is 0 Å². The third-order valence-corrected chi connectivity index (χ3v) is 2.83. The molecule has 1 heteroatoms. The molecule has 0 bridgehead atoms. The van der Waals surface area contributed by atoms with Gasteiger partial charge in [0.1, 0.15) is 6.29 Å². The minimum Gasteiger partial charge on any atom is -0.303 e. The van der Waals surface area contributed by atoms with Crippen molar-refractivity contribution in [2.45, 2.75) is 65.7 Å². The van der Waals surface area contributed by atoms with E-state index in [1.54, 1.807) is 0 Å². The molecule has 0 aliphatic rings. The summed E-state index contributed by atoms with van der Waals surface area (Å²) in [6, 6.07) is 0. The predicted molar refractivity (Wildman–Crippen MR) is 67.0 cm³/mol. The van der Waals surface area contributed by atoms with E-state index in [9.17, 15) is 4.79 Å². The van der Waals surface area contributed by atoms with Crippen LogP contribution in [0.5, 0.6) is 0 Å². The van der Waals surface area contributed by atoms with Crippen molar-refractivity contribution in [3.8, 4) is 0 Å². The predicted octanol–water partition coefficient (Wildman–Crippen LogP) is 4.52. The summed E-state index contributed by atoms with van der Waals surface area (Å²) >= 11 is 0. The van der Waals surface area contributed by atoms with Crippen molar-refractivity contribution in [3.63, 3.8) is 0 Å². The van der Waals surface area contributed by atoms with E-state index in [4.69, 9.17) is 0 Å². The highest BCUT2D eigenvalue weighted by Crippen LogP contribution is 2.13. The van der Waals surface area contributed by atoms with Crippen LogP contribution in [-0.4, -0.2) is 6.29 Å². The zero-order chi connectivity index (χ0) is 11.5. The standard InChI is InChI=1S/C14H26O/c1-4-5-6-8-13(2)9-7-10-14(3)11-12-15/h9,12,14H,4-8,10-11H2,1-3H3/b13-9-. The van der Waals surface area contributed by atoms with Crippen molar-refractivity contribution >= 4 is 6.29 Å². The van der Waals surface area contributed by atoms with Crippen molar-refractivity contribution in [1.82, 2.24) is 0 Å². The molecule has 0 N–H and O–H groups in total. The van der Waals surface area contributed by atoms with Crippen LogP contribution in [0.15, 0.2) is 11.6 Å². The minimum absolute atomic E-state index is 0.544. The van der Waals surface area contributed by atoms with Crippen LogP contribution in [0.4, 0.5) is 0 Å². The quantitative estimate of drug-likeness (QED) is 0.311. The third-order valence-electron chi connectivity index (χ3n) is 2.83. The van der Waals surface area contributed by atoms with Gasteiger partial charge >= 0.3 is 0 Å². The SMILES string of the molecule is CCCCC/C(C)=C\CCC(C)CC=O. The molecule has 0 spiro atoms. The Morgan fingerprint density at radius 1 is 1.33 bits per heavy atom. The second-order valence-corrected chi connectivity index (χ2v) is 4.59. The molecule has 0 fully saturated rings. The molecule has 0 aromatic rings. The topological polar surface area (TPSA) is 17.1 Å². The maximum absolute atomic E-state index is 10.3. The molecular formula is C14H26O. The number of hydrogen-bond acceptors (Lipinski definition) is 1. The fraction of sp³-hybridized carbons (Fsp3) is 0.786. The first kappa shape index (κ1) is 14.4. The maximum atomic E-state index is 10.3. The molecule has 1 nitrogen and oxygen atoms in total. The molecule has 1 unspecified atom stereocenters. The first-order valence-corrected chi connectivity index (χ1v) is 6.30. The van der Waals surface area contributed by atoms with Crippen LogP contribution in [0.2, 0.25) is 0 Å². The fourth-order valence-corrected chi connectivity index (χ4v) is 1.65. The summed E-state index contributed by atoms with van der Waals surface area (Å²) in [7, 11) is 0. The van der Waals surface area contributed by atoms with Gasteiger partial charge in [0, 0.05) is 6.42 Å². The van der Waals surface area contributed by atoms with Crippen LogP contribution in [-0.2, 0) is 4.79 Å². The lowest BCUT2D eigenvalue weighted by atomic mass is 10.0. The molecule has 0 aromatic heterocycles. The molecule has 1 atom stereocenters. The third kappa shape index (κ3) is 9.71. The van der Waals surface area contributed by atoms with Gasteiger partial charge in [0.15, 0.2) is 0 Å². The molecule has 0 amide bonds. The summed E-state index contributed by atoms with van der Waals surface area (Å²) in [6.45, 7) is 6.61. The van der Waals surface area contributed by atoms with E-state index in [2.05, 4.69) is 26.8 Å². The largest absolute Gasteiger partial charge is 0.303 e. The summed E-state index contributed by atoms with van der Waals surface area (Å²) in [4.78, 5) is 10.3. The summed E-state index contributed by atoms with van der Waals surface area (Å²) < 4.78 is 0. The molecule has 0 heterocycles. The van der Waals surface area contributed by atoms with Crippen LogP contribution in [0.3, 0.4) is 0 Å². The van der Waals surface area contributed by atoms with Gasteiger partial charge in [0.25, 0.3) is 0 Å². The van der Waals surface area contributed by atoms with Crippen LogP contribution < -0.4 is 0 Å². The van der Waals surface area contributed by atoms with Crippen LogP contribution in [0.25, 0.3) is 0 Å². The maximum Gasteiger partial charge on any atom is 0.120 e. The number of allylic oxidation sites excluding steroid dienone is 2. The lowest BCUT2D eigenvalue weighted by Crippen LogP contribution is -1.94. The van der Waals surface area contributed by atoms with Gasteiger partial charge in [-0.25, -0.2) is 0 Å². The van der Waals surface area contributed by atoms with Crippen molar-refractivity contribution in [3.05, 3.63) is 11.6 Å². The van der Waals surface area contributed by atoms with E-state index < -0.39 is 0 Å². The van der Waals surface area contributed by atoms with E-state index in [0.29, 0.717) is 12.3 Å². The van der Waals surface area contributed by atoms with Crippen LogP contribution in [0, 0.1) is 5.92 Å². The lowest BCUT2D eigenvalue weighted by Gasteiger charge is -2.05. The van der Waals surface area contributed by atoms with E-state index in [1.165, 1.54) is 31.3 Å². The Morgan fingerprint density at radius 2 is 2.07 bits per heavy atom. The number of unbranched alkanes of at least 4 members (excludes halogenated alkanes) is 2. The van der Waals surface area contributed by atoms with E-state index >= 15 is 0 Å². The van der Waals surface area contributed by atoms with E-state index in [0.717, 1.165) is 19.1 Å². The normalized spacial score (nSPS) is 13.9. The van der Waals surface area contributed by atoms with Crippen molar-refractivity contribution in [2.24, 2.45) is 5.92 Å². The average molecular weight is 210 g/mol. The highest BCUT2D eigenvalue weighted by Gasteiger charge is 1.99. The van der Waals surface area contributed by atoms with Gasteiger partial charge < -0.3 is 4.79 Å². The zero-order valence-electron chi connectivity index (χ0n) is 10.6. The molecule has 15 heavy (non-hydrogen) atoms. The smallest absolute Gasteiger partial charge is 0.120 e. The number of rotatable bonds is 9. The molecule has 0 rings (SSSR count). The highest BCUT2D eigenvalue weighted by atomic mass is 16.1. The van der Waals surface area contributed by atoms with Crippen molar-refractivity contribution in [2.75, 3.05) is 0 Å². The summed E-state index contributed by atoms with van der Waals surface area (Å²) in [5.74, 6) is 0.544. The monoisotopic (exact) mass is 210 g/mol. The first-order valence-electron chi connectivity index (χ1n) is 6.30. The van der Waals surface area contributed by atoms with Gasteiger partial charge in [-0.1, -0.05) is 38.3 Å². The lowest BCUT2D eigenvalue weighted by molar-refractivity contribution is -0.108. The van der Waals surface area contributed by atoms with Gasteiger partial charge in [-0.3, -0.25) is 0 Å². The Morgan fingerprint density at radius 3 is 2.67 bits per heavy atom. The molecular weight excluding hydrogens is 184 g/mol. The molecule has 88 valence electrons. The molecule has 0 radical (unpaired) electrons. The molecule has 0 saturated carbocycles. The van der Waals surface area contributed by atoms with Gasteiger partial charge in [0.05, 0.1) is 0 Å². The summed E-state index contributed by atoms with van der Waals surface area (Å²) in [5, 5.41) is 0. The van der Waals surface area contributed by atoms with E-state index in [1.807, 2.05) is 0 Å². The van der Waals surface area contributed by atoms with E-state index in [-0.39, 0.29) is 0 Å². The zero-order valence-corrected chi connectivity index (χ0v) is 10.6. The van der Waals surface area contributed by atoms with Gasteiger partial charge in [-0.05, 0) is 38.5 Å². The Hall–Kier alpha value is -0.590. The van der Waals surface area contributed by atoms with Crippen molar-refractivity contribution < 1.29 is 4.79 Å². The fourth-order valence-electron chi connectivity index (χ4n) is 1.65. The summed E-state index contributed by atoms with van der Waals surface area (Å²) in [5.41, 5.74) is 1.52. The molecule has 0 saturated heterocycles. The second-order valence-electron chi connectivity index (χ2n) is 4.59. The number of hydrogen-bond donors (Lipinski definition) is 0. The molecule has 0 aliphatic heterocycles. The number of carbonyl (C=O) groups is 1. The second kappa shape index (κ2) is 9.95. The van der Waals surface area contributed by atoms with Crippen LogP contribution in [0.1, 0.15) is 65.7 Å². The minimum atomic E-state index is 0.544. The summed E-state index contributed by atoms with van der Waals surface area (Å²) in [6.07, 6.45) is 11.6. The van der Waals surface area contributed by atoms with Crippen molar-refractivity contribution in [1.29, 1.82) is 0 Å². The number of aldehydes is 1. The number of carbonyl (C=O) groups excluding carboxylic acids is 1. The first-order chi connectivity index (χ1) is 7.20. The Balaban J connectivity index is 3.52. The Bertz CT molecular complexity index is 182. The molecule has 0 aliphatic carbocycles. The Kier molecular flexibility index (Phi) is 9.55. The Labute approximate surface area is 95.0 Å². The highest BCUT2D eigenvalue weighted by molar-refractivity contribution is 5.49. The van der Waals surface area contributed by atoms with Gasteiger partial charge in [0.2, 0.25) is 0 Å². The average Bonchev–Trinajstić information content (AvgIpc) is 2.18. The van der Waals surface area contributed by atoms with Crippen LogP contribution >= 0.6 is 0 Å². The van der Waals surface area contributed by atoms with Gasteiger partial charge in [-0.2, -0.15) is 0 Å².